The van der Waals surface area contributed by atoms with Crippen molar-refractivity contribution in [1.82, 2.24) is 10.1 Å². The number of aromatic nitrogens is 1. The summed E-state index contributed by atoms with van der Waals surface area (Å²) in [5.74, 6) is 0.630. The van der Waals surface area contributed by atoms with Gasteiger partial charge in [0.25, 0.3) is 0 Å². The molecular weight excluding hydrogens is 304 g/mol. The monoisotopic (exact) mass is 328 g/mol. The average molecular weight is 328 g/mol. The number of piperidine rings is 1. The summed E-state index contributed by atoms with van der Waals surface area (Å²) in [6.45, 7) is 5.17. The van der Waals surface area contributed by atoms with Crippen LogP contribution < -0.4 is 11.1 Å². The zero-order valence-electron chi connectivity index (χ0n) is 14.0. The van der Waals surface area contributed by atoms with Crippen molar-refractivity contribution in [2.75, 3.05) is 18.4 Å². The minimum Gasteiger partial charge on any atom is -0.379 e. The topological polar surface area (TPSA) is 84.4 Å². The molecule has 2 aromatic rings. The summed E-state index contributed by atoms with van der Waals surface area (Å²) < 4.78 is 5.05. The molecule has 1 atom stereocenters. The average Bonchev–Trinajstić information content (AvgIpc) is 3.00. The molecule has 3 N–H and O–H groups in total. The van der Waals surface area contributed by atoms with Crippen LogP contribution in [-0.2, 0) is 17.9 Å². The van der Waals surface area contributed by atoms with E-state index >= 15 is 0 Å². The Labute approximate surface area is 142 Å². The number of likely N-dealkylation sites (tertiary alicyclic amines) is 1. The molecule has 1 amide bonds. The molecule has 6 heteroatoms. The number of aryl methyl sites for hydroxylation is 1. The molecule has 0 spiro atoms. The van der Waals surface area contributed by atoms with Crippen molar-refractivity contribution >= 4 is 11.6 Å². The molecule has 0 radical (unpaired) electrons. The fourth-order valence-electron chi connectivity index (χ4n) is 3.11. The van der Waals surface area contributed by atoms with Gasteiger partial charge in [-0.15, -0.1) is 0 Å². The Morgan fingerprint density at radius 3 is 2.88 bits per heavy atom. The summed E-state index contributed by atoms with van der Waals surface area (Å²) in [5, 5.41) is 7.29. The van der Waals surface area contributed by atoms with E-state index in [4.69, 9.17) is 10.3 Å². The van der Waals surface area contributed by atoms with Crippen LogP contribution >= 0.6 is 0 Å². The van der Waals surface area contributed by atoms with Crippen molar-refractivity contribution in [2.24, 2.45) is 11.7 Å². The maximum absolute atomic E-state index is 11.4. The van der Waals surface area contributed by atoms with Gasteiger partial charge in [-0.3, -0.25) is 9.69 Å². The second kappa shape index (κ2) is 7.49. The SMILES string of the molecule is Cc1cc(CNc2ccc(CN3CCCC(C(N)=O)C3)cc2)no1. The van der Waals surface area contributed by atoms with Crippen molar-refractivity contribution in [3.8, 4) is 0 Å². The third-order valence-electron chi connectivity index (χ3n) is 4.42. The third kappa shape index (κ3) is 4.35. The first-order valence-electron chi connectivity index (χ1n) is 8.37. The van der Waals surface area contributed by atoms with Crippen LogP contribution in [0.4, 0.5) is 5.69 Å². The zero-order valence-corrected chi connectivity index (χ0v) is 14.0. The lowest BCUT2D eigenvalue weighted by atomic mass is 9.97. The number of carbonyl (C=O) groups excluding carboxylic acids is 1. The molecule has 1 aliphatic rings. The summed E-state index contributed by atoms with van der Waals surface area (Å²) in [7, 11) is 0. The molecule has 1 unspecified atom stereocenters. The highest BCUT2D eigenvalue weighted by molar-refractivity contribution is 5.76. The summed E-state index contributed by atoms with van der Waals surface area (Å²) in [6.07, 6.45) is 1.95. The van der Waals surface area contributed by atoms with Crippen LogP contribution in [-0.4, -0.2) is 29.1 Å². The van der Waals surface area contributed by atoms with E-state index in [-0.39, 0.29) is 11.8 Å². The number of hydrogen-bond donors (Lipinski definition) is 2. The Morgan fingerprint density at radius 2 is 2.21 bits per heavy atom. The second-order valence-electron chi connectivity index (χ2n) is 6.46. The largest absolute Gasteiger partial charge is 0.379 e. The van der Waals surface area contributed by atoms with Crippen LogP contribution in [0.15, 0.2) is 34.9 Å². The molecule has 0 saturated carbocycles. The van der Waals surface area contributed by atoms with Gasteiger partial charge in [0.05, 0.1) is 12.5 Å². The zero-order chi connectivity index (χ0) is 16.9. The molecule has 1 aromatic carbocycles. The van der Waals surface area contributed by atoms with Gasteiger partial charge in [-0.2, -0.15) is 0 Å². The van der Waals surface area contributed by atoms with E-state index in [0.29, 0.717) is 6.54 Å². The minimum absolute atomic E-state index is 0.00870. The number of amides is 1. The van der Waals surface area contributed by atoms with E-state index in [1.54, 1.807) is 0 Å². The summed E-state index contributed by atoms with van der Waals surface area (Å²) in [6, 6.07) is 10.3. The number of rotatable bonds is 6. The Kier molecular flexibility index (Phi) is 5.15. The van der Waals surface area contributed by atoms with Gasteiger partial charge >= 0.3 is 0 Å². The van der Waals surface area contributed by atoms with Crippen molar-refractivity contribution in [1.29, 1.82) is 0 Å². The summed E-state index contributed by atoms with van der Waals surface area (Å²) in [5.41, 5.74) is 8.62. The Hall–Kier alpha value is -2.34. The van der Waals surface area contributed by atoms with E-state index < -0.39 is 0 Å². The number of primary amides is 1. The van der Waals surface area contributed by atoms with Crippen LogP contribution in [0.5, 0.6) is 0 Å². The lowest BCUT2D eigenvalue weighted by molar-refractivity contribution is -0.123. The first-order chi connectivity index (χ1) is 11.6. The van der Waals surface area contributed by atoms with E-state index in [1.807, 2.05) is 13.0 Å². The number of nitrogens with zero attached hydrogens (tertiary/aromatic N) is 2. The number of carbonyl (C=O) groups is 1. The fraction of sp³-hybridized carbons (Fsp3) is 0.444. The minimum atomic E-state index is -0.178. The Morgan fingerprint density at radius 1 is 1.42 bits per heavy atom. The van der Waals surface area contributed by atoms with Gasteiger partial charge in [0.2, 0.25) is 5.91 Å². The predicted molar refractivity (Wildman–Crippen MR) is 92.2 cm³/mol. The molecule has 1 aromatic heterocycles. The van der Waals surface area contributed by atoms with Crippen LogP contribution in [0.2, 0.25) is 0 Å². The van der Waals surface area contributed by atoms with Gasteiger partial charge in [-0.25, -0.2) is 0 Å². The molecule has 0 bridgehead atoms. The third-order valence-corrected chi connectivity index (χ3v) is 4.42. The number of benzene rings is 1. The van der Waals surface area contributed by atoms with Gasteiger partial charge in [0.1, 0.15) is 11.5 Å². The molecule has 0 aliphatic carbocycles. The molecule has 1 fully saturated rings. The van der Waals surface area contributed by atoms with Gasteiger partial charge in [0.15, 0.2) is 0 Å². The van der Waals surface area contributed by atoms with E-state index in [1.165, 1.54) is 5.56 Å². The quantitative estimate of drug-likeness (QED) is 0.850. The van der Waals surface area contributed by atoms with Gasteiger partial charge in [-0.05, 0) is 44.0 Å². The molecule has 1 aliphatic heterocycles. The number of nitrogens with one attached hydrogen (secondary N) is 1. The van der Waals surface area contributed by atoms with Crippen molar-refractivity contribution in [3.05, 3.63) is 47.3 Å². The molecule has 1 saturated heterocycles. The van der Waals surface area contributed by atoms with Crippen molar-refractivity contribution in [3.63, 3.8) is 0 Å². The number of anilines is 1. The molecule has 128 valence electrons. The Balaban J connectivity index is 1.51. The number of nitrogens with two attached hydrogens (primary N) is 1. The van der Waals surface area contributed by atoms with Crippen molar-refractivity contribution < 1.29 is 9.32 Å². The highest BCUT2D eigenvalue weighted by atomic mass is 16.5. The standard InChI is InChI=1S/C18H24N4O2/c1-13-9-17(21-24-13)10-20-16-6-4-14(5-7-16)11-22-8-2-3-15(12-22)18(19)23/h4-7,9,15,20H,2-3,8,10-12H2,1H3,(H2,19,23). The highest BCUT2D eigenvalue weighted by Crippen LogP contribution is 2.19. The maximum atomic E-state index is 11.4. The van der Waals surface area contributed by atoms with E-state index in [0.717, 1.165) is 49.6 Å². The van der Waals surface area contributed by atoms with E-state index in [9.17, 15) is 4.79 Å². The molecular formula is C18H24N4O2. The van der Waals surface area contributed by atoms with E-state index in [2.05, 4.69) is 39.6 Å². The Bertz CT molecular complexity index is 681. The molecule has 6 nitrogen and oxygen atoms in total. The predicted octanol–water partition coefficient (Wildman–Crippen LogP) is 2.29. The molecule has 3 rings (SSSR count). The first-order valence-corrected chi connectivity index (χ1v) is 8.37. The van der Waals surface area contributed by atoms with Gasteiger partial charge in [-0.1, -0.05) is 17.3 Å². The highest BCUT2D eigenvalue weighted by Gasteiger charge is 2.23. The second-order valence-corrected chi connectivity index (χ2v) is 6.46. The summed E-state index contributed by atoms with van der Waals surface area (Å²) in [4.78, 5) is 13.7. The van der Waals surface area contributed by atoms with Crippen LogP contribution in [0.1, 0.15) is 29.9 Å². The van der Waals surface area contributed by atoms with Crippen molar-refractivity contribution in [2.45, 2.75) is 32.9 Å². The lowest BCUT2D eigenvalue weighted by Crippen LogP contribution is -2.40. The number of hydrogen-bond acceptors (Lipinski definition) is 5. The summed E-state index contributed by atoms with van der Waals surface area (Å²) >= 11 is 0. The molecule has 24 heavy (non-hydrogen) atoms. The van der Waals surface area contributed by atoms with Crippen LogP contribution in [0, 0.1) is 12.8 Å². The molecule has 2 heterocycles. The maximum Gasteiger partial charge on any atom is 0.221 e. The first kappa shape index (κ1) is 16.5. The fourth-order valence-corrected chi connectivity index (χ4v) is 3.11. The smallest absolute Gasteiger partial charge is 0.221 e. The van der Waals surface area contributed by atoms with Gasteiger partial charge < -0.3 is 15.6 Å². The lowest BCUT2D eigenvalue weighted by Gasteiger charge is -2.31. The van der Waals surface area contributed by atoms with Crippen LogP contribution in [0.25, 0.3) is 0 Å². The normalized spacial score (nSPS) is 18.5. The van der Waals surface area contributed by atoms with Gasteiger partial charge in [0, 0.05) is 24.8 Å². The van der Waals surface area contributed by atoms with Crippen LogP contribution in [0.3, 0.4) is 0 Å².